The summed E-state index contributed by atoms with van der Waals surface area (Å²) in [5.74, 6) is -0.309. The van der Waals surface area contributed by atoms with Crippen LogP contribution >= 0.6 is 0 Å². The Morgan fingerprint density at radius 1 is 1.50 bits per heavy atom. The predicted molar refractivity (Wildman–Crippen MR) is 38.3 cm³/mol. The Kier molecular flexibility index (Phi) is 1.76. The average Bonchev–Trinajstić information content (AvgIpc) is 2.36. The lowest BCUT2D eigenvalue weighted by Gasteiger charge is -2.07. The van der Waals surface area contributed by atoms with Gasteiger partial charge in [0.15, 0.2) is 0 Å². The van der Waals surface area contributed by atoms with Crippen LogP contribution in [0.3, 0.4) is 0 Å². The summed E-state index contributed by atoms with van der Waals surface area (Å²) in [6.07, 6.45) is 3.63. The molecule has 0 aliphatic carbocycles. The summed E-state index contributed by atoms with van der Waals surface area (Å²) in [5, 5.41) is 0. The Morgan fingerprint density at radius 3 is 2.40 bits per heavy atom. The maximum atomic E-state index is 10.6. The van der Waals surface area contributed by atoms with Gasteiger partial charge in [-0.2, -0.15) is 0 Å². The summed E-state index contributed by atoms with van der Waals surface area (Å²) in [6, 6.07) is 3.48. The maximum absolute atomic E-state index is 10.6. The van der Waals surface area contributed by atoms with Crippen LogP contribution in [0.4, 0.5) is 0 Å². The molecule has 54 valence electrons. The molecule has 1 aromatic rings. The van der Waals surface area contributed by atoms with Crippen molar-refractivity contribution in [2.45, 2.75) is 13.0 Å². The van der Waals surface area contributed by atoms with Crippen molar-refractivity contribution >= 4 is 5.91 Å². The van der Waals surface area contributed by atoms with Crippen molar-refractivity contribution < 1.29 is 4.79 Å². The quantitative estimate of drug-likeness (QED) is 0.636. The smallest absolute Gasteiger partial charge is 0.240 e. The molecule has 1 heterocycles. The van der Waals surface area contributed by atoms with Crippen molar-refractivity contribution in [3.63, 3.8) is 0 Å². The molecule has 3 nitrogen and oxygen atoms in total. The summed E-state index contributed by atoms with van der Waals surface area (Å²) in [7, 11) is 0. The first-order chi connectivity index (χ1) is 4.72. The molecule has 0 aliphatic rings. The van der Waals surface area contributed by atoms with Gasteiger partial charge in [0, 0.05) is 12.4 Å². The number of rotatable bonds is 2. The predicted octanol–water partition coefficient (Wildman–Crippen LogP) is 0.534. The zero-order valence-corrected chi connectivity index (χ0v) is 5.82. The molecule has 3 heteroatoms. The van der Waals surface area contributed by atoms with Crippen molar-refractivity contribution in [3.05, 3.63) is 24.5 Å². The molecule has 0 saturated heterocycles. The third kappa shape index (κ3) is 1.18. The van der Waals surface area contributed by atoms with Crippen molar-refractivity contribution in [1.29, 1.82) is 0 Å². The zero-order chi connectivity index (χ0) is 7.56. The van der Waals surface area contributed by atoms with E-state index in [2.05, 4.69) is 0 Å². The van der Waals surface area contributed by atoms with E-state index in [1.807, 2.05) is 24.5 Å². The van der Waals surface area contributed by atoms with E-state index in [1.165, 1.54) is 0 Å². The highest BCUT2D eigenvalue weighted by molar-refractivity contribution is 5.77. The molecule has 1 aromatic heterocycles. The maximum Gasteiger partial charge on any atom is 0.240 e. The molecule has 1 unspecified atom stereocenters. The van der Waals surface area contributed by atoms with E-state index in [4.69, 9.17) is 5.73 Å². The second kappa shape index (κ2) is 2.56. The molecular weight excluding hydrogens is 128 g/mol. The number of aromatic nitrogens is 1. The number of nitrogens with two attached hydrogens (primary N) is 1. The van der Waals surface area contributed by atoms with Crippen LogP contribution in [0.15, 0.2) is 24.5 Å². The van der Waals surface area contributed by atoms with E-state index in [1.54, 1.807) is 11.5 Å². The minimum Gasteiger partial charge on any atom is -0.368 e. The molecule has 2 N–H and O–H groups in total. The van der Waals surface area contributed by atoms with Gasteiger partial charge in [0.05, 0.1) is 0 Å². The second-order valence-corrected chi connectivity index (χ2v) is 2.21. The Hall–Kier alpha value is -1.25. The summed E-state index contributed by atoms with van der Waals surface area (Å²) >= 11 is 0. The molecule has 10 heavy (non-hydrogen) atoms. The molecular formula is C7H10N2O. The Balaban J connectivity index is 2.77. The van der Waals surface area contributed by atoms with Gasteiger partial charge < -0.3 is 10.3 Å². The van der Waals surface area contributed by atoms with Crippen LogP contribution < -0.4 is 5.73 Å². The molecule has 0 aromatic carbocycles. The highest BCUT2D eigenvalue weighted by Crippen LogP contribution is 2.03. The third-order valence-corrected chi connectivity index (χ3v) is 1.49. The minimum atomic E-state index is -0.309. The number of amides is 1. The van der Waals surface area contributed by atoms with E-state index in [0.29, 0.717) is 0 Å². The zero-order valence-electron chi connectivity index (χ0n) is 5.82. The van der Waals surface area contributed by atoms with E-state index >= 15 is 0 Å². The van der Waals surface area contributed by atoms with Gasteiger partial charge in [0.2, 0.25) is 5.91 Å². The normalized spacial score (nSPS) is 12.9. The van der Waals surface area contributed by atoms with Crippen LogP contribution in [0.5, 0.6) is 0 Å². The standard InChI is InChI=1S/C7H10N2O/c1-6(7(8)10)9-4-2-3-5-9/h2-6H,1H3,(H2,8,10). The first kappa shape index (κ1) is 6.86. The highest BCUT2D eigenvalue weighted by atomic mass is 16.1. The molecule has 0 aliphatic heterocycles. The summed E-state index contributed by atoms with van der Waals surface area (Å²) in [4.78, 5) is 10.6. The Morgan fingerprint density at radius 2 is 2.00 bits per heavy atom. The molecule has 0 bridgehead atoms. The van der Waals surface area contributed by atoms with Crippen molar-refractivity contribution in [3.8, 4) is 0 Å². The first-order valence-corrected chi connectivity index (χ1v) is 3.13. The van der Waals surface area contributed by atoms with Gasteiger partial charge in [-0.15, -0.1) is 0 Å². The van der Waals surface area contributed by atoms with E-state index in [-0.39, 0.29) is 11.9 Å². The van der Waals surface area contributed by atoms with E-state index < -0.39 is 0 Å². The van der Waals surface area contributed by atoms with Gasteiger partial charge in [-0.3, -0.25) is 4.79 Å². The van der Waals surface area contributed by atoms with Gasteiger partial charge in [-0.25, -0.2) is 0 Å². The number of carbonyl (C=O) groups is 1. The van der Waals surface area contributed by atoms with Gasteiger partial charge in [-0.1, -0.05) is 0 Å². The summed E-state index contributed by atoms with van der Waals surface area (Å²) < 4.78 is 1.77. The second-order valence-electron chi connectivity index (χ2n) is 2.21. The first-order valence-electron chi connectivity index (χ1n) is 3.13. The van der Waals surface area contributed by atoms with Crippen LogP contribution in [0.1, 0.15) is 13.0 Å². The molecule has 0 fully saturated rings. The number of primary amides is 1. The molecule has 1 amide bonds. The lowest BCUT2D eigenvalue weighted by Crippen LogP contribution is -2.22. The largest absolute Gasteiger partial charge is 0.368 e. The van der Waals surface area contributed by atoms with E-state index in [0.717, 1.165) is 0 Å². The fourth-order valence-corrected chi connectivity index (χ4v) is 0.753. The van der Waals surface area contributed by atoms with Crippen LogP contribution in [0.25, 0.3) is 0 Å². The van der Waals surface area contributed by atoms with Gasteiger partial charge >= 0.3 is 0 Å². The molecule has 0 saturated carbocycles. The van der Waals surface area contributed by atoms with E-state index in [9.17, 15) is 4.79 Å². The molecule has 1 atom stereocenters. The fourth-order valence-electron chi connectivity index (χ4n) is 0.753. The topological polar surface area (TPSA) is 48.0 Å². The average molecular weight is 138 g/mol. The molecule has 0 spiro atoms. The van der Waals surface area contributed by atoms with Gasteiger partial charge in [0.25, 0.3) is 0 Å². The Labute approximate surface area is 59.4 Å². The Bertz CT molecular complexity index is 216. The van der Waals surface area contributed by atoms with Crippen LogP contribution in [-0.4, -0.2) is 10.5 Å². The number of hydrogen-bond acceptors (Lipinski definition) is 1. The number of nitrogens with zero attached hydrogens (tertiary/aromatic N) is 1. The lowest BCUT2D eigenvalue weighted by molar-refractivity contribution is -0.120. The third-order valence-electron chi connectivity index (χ3n) is 1.49. The van der Waals surface area contributed by atoms with Crippen LogP contribution in [0, 0.1) is 0 Å². The number of carbonyl (C=O) groups excluding carboxylic acids is 1. The molecule has 1 rings (SSSR count). The molecule has 0 radical (unpaired) electrons. The monoisotopic (exact) mass is 138 g/mol. The van der Waals surface area contributed by atoms with Gasteiger partial charge in [-0.05, 0) is 19.1 Å². The highest BCUT2D eigenvalue weighted by Gasteiger charge is 2.07. The van der Waals surface area contributed by atoms with Crippen molar-refractivity contribution in [2.75, 3.05) is 0 Å². The minimum absolute atomic E-state index is 0.241. The summed E-state index contributed by atoms with van der Waals surface area (Å²) in [5.41, 5.74) is 5.07. The number of hydrogen-bond donors (Lipinski definition) is 1. The SMILES string of the molecule is CC(C(N)=O)n1cccc1. The van der Waals surface area contributed by atoms with Crippen LogP contribution in [-0.2, 0) is 4.79 Å². The van der Waals surface area contributed by atoms with Crippen molar-refractivity contribution in [2.24, 2.45) is 5.73 Å². The lowest BCUT2D eigenvalue weighted by atomic mass is 10.3. The summed E-state index contributed by atoms with van der Waals surface area (Å²) in [6.45, 7) is 1.77. The van der Waals surface area contributed by atoms with Crippen molar-refractivity contribution in [1.82, 2.24) is 4.57 Å². The van der Waals surface area contributed by atoms with Gasteiger partial charge in [0.1, 0.15) is 6.04 Å². The fraction of sp³-hybridized carbons (Fsp3) is 0.286. The van der Waals surface area contributed by atoms with Crippen LogP contribution in [0.2, 0.25) is 0 Å².